The van der Waals surface area contributed by atoms with Gasteiger partial charge in [0.1, 0.15) is 0 Å². The molecule has 1 heterocycles. The number of methoxy groups -OCH3 is 1. The summed E-state index contributed by atoms with van der Waals surface area (Å²) in [6.45, 7) is 0. The lowest BCUT2D eigenvalue weighted by Crippen LogP contribution is -1.97. The molecular formula is C12H8F3NO. The lowest BCUT2D eigenvalue weighted by atomic mass is 10.1. The van der Waals surface area contributed by atoms with Gasteiger partial charge in [0.25, 0.3) is 5.95 Å². The average Bonchev–Trinajstić information content (AvgIpc) is 2.32. The molecule has 0 spiro atoms. The Bertz CT molecular complexity index is 557. The van der Waals surface area contributed by atoms with E-state index in [1.165, 1.54) is 25.3 Å². The van der Waals surface area contributed by atoms with Crippen molar-refractivity contribution in [3.63, 3.8) is 0 Å². The second kappa shape index (κ2) is 4.45. The minimum Gasteiger partial charge on any atom is -0.491 e. The van der Waals surface area contributed by atoms with Crippen LogP contribution in [0.1, 0.15) is 0 Å². The van der Waals surface area contributed by atoms with Crippen molar-refractivity contribution in [2.75, 3.05) is 7.11 Å². The zero-order chi connectivity index (χ0) is 12.4. The van der Waals surface area contributed by atoms with Crippen LogP contribution in [0.4, 0.5) is 13.2 Å². The summed E-state index contributed by atoms with van der Waals surface area (Å²) in [6.07, 6.45) is 1.16. The van der Waals surface area contributed by atoms with E-state index in [1.807, 2.05) is 0 Å². The monoisotopic (exact) mass is 239 g/mol. The molecule has 0 N–H and O–H groups in total. The second-order valence-corrected chi connectivity index (χ2v) is 3.28. The van der Waals surface area contributed by atoms with Gasteiger partial charge in [0.2, 0.25) is 0 Å². The van der Waals surface area contributed by atoms with Crippen molar-refractivity contribution in [1.29, 1.82) is 0 Å². The number of aromatic nitrogens is 1. The van der Waals surface area contributed by atoms with Gasteiger partial charge >= 0.3 is 0 Å². The van der Waals surface area contributed by atoms with E-state index in [2.05, 4.69) is 4.98 Å². The highest BCUT2D eigenvalue weighted by molar-refractivity contribution is 5.70. The minimum absolute atomic E-state index is 0.0665. The smallest absolute Gasteiger partial charge is 0.255 e. The first-order valence-corrected chi connectivity index (χ1v) is 4.78. The van der Waals surface area contributed by atoms with Crippen LogP contribution in [0.3, 0.4) is 0 Å². The molecule has 2 nitrogen and oxygen atoms in total. The van der Waals surface area contributed by atoms with Crippen LogP contribution in [0, 0.1) is 17.6 Å². The maximum atomic E-state index is 13.6. The molecule has 0 bridgehead atoms. The van der Waals surface area contributed by atoms with Crippen LogP contribution in [0.2, 0.25) is 0 Å². The zero-order valence-electron chi connectivity index (χ0n) is 8.88. The SMILES string of the molecule is COc1c(-c2cccc(F)c2F)ccnc1F. The van der Waals surface area contributed by atoms with E-state index in [4.69, 9.17) is 4.74 Å². The number of pyridine rings is 1. The summed E-state index contributed by atoms with van der Waals surface area (Å²) < 4.78 is 44.8. The van der Waals surface area contributed by atoms with Gasteiger partial charge in [-0.15, -0.1) is 0 Å². The van der Waals surface area contributed by atoms with Crippen LogP contribution in [-0.4, -0.2) is 12.1 Å². The van der Waals surface area contributed by atoms with Gasteiger partial charge in [0.15, 0.2) is 17.4 Å². The molecule has 2 aromatic rings. The Morgan fingerprint density at radius 1 is 1.06 bits per heavy atom. The Hall–Kier alpha value is -2.04. The van der Waals surface area contributed by atoms with Crippen molar-refractivity contribution in [3.8, 4) is 16.9 Å². The molecule has 0 atom stereocenters. The standard InChI is InChI=1S/C12H8F3NO/c1-17-11-8(5-6-16-12(11)15)7-3-2-4-9(13)10(7)14/h2-6H,1H3. The van der Waals surface area contributed by atoms with E-state index < -0.39 is 17.6 Å². The van der Waals surface area contributed by atoms with Crippen LogP contribution < -0.4 is 4.74 Å². The quantitative estimate of drug-likeness (QED) is 0.751. The number of benzene rings is 1. The maximum absolute atomic E-state index is 13.6. The molecule has 0 aliphatic rings. The fraction of sp³-hybridized carbons (Fsp3) is 0.0833. The van der Waals surface area contributed by atoms with Crippen LogP contribution in [0.5, 0.6) is 5.75 Å². The third-order valence-electron chi connectivity index (χ3n) is 2.31. The number of halogens is 3. The summed E-state index contributed by atoms with van der Waals surface area (Å²) in [7, 11) is 1.24. The fourth-order valence-electron chi connectivity index (χ4n) is 1.54. The molecule has 1 aromatic heterocycles. The van der Waals surface area contributed by atoms with Gasteiger partial charge in [-0.1, -0.05) is 12.1 Å². The highest BCUT2D eigenvalue weighted by Crippen LogP contribution is 2.33. The van der Waals surface area contributed by atoms with Gasteiger partial charge in [-0.25, -0.2) is 13.8 Å². The molecule has 17 heavy (non-hydrogen) atoms. The van der Waals surface area contributed by atoms with Gasteiger partial charge in [-0.05, 0) is 12.1 Å². The maximum Gasteiger partial charge on any atom is 0.255 e. The Kier molecular flexibility index (Phi) is 2.99. The first-order chi connectivity index (χ1) is 8.15. The van der Waals surface area contributed by atoms with Gasteiger partial charge in [0, 0.05) is 17.3 Å². The van der Waals surface area contributed by atoms with E-state index in [9.17, 15) is 13.2 Å². The van der Waals surface area contributed by atoms with E-state index in [-0.39, 0.29) is 16.9 Å². The number of nitrogens with zero attached hydrogens (tertiary/aromatic N) is 1. The Labute approximate surface area is 95.7 Å². The molecule has 5 heteroatoms. The summed E-state index contributed by atoms with van der Waals surface area (Å²) in [5.41, 5.74) is 0.0557. The molecule has 88 valence electrons. The lowest BCUT2D eigenvalue weighted by molar-refractivity contribution is 0.379. The van der Waals surface area contributed by atoms with Crippen molar-refractivity contribution in [2.45, 2.75) is 0 Å². The average molecular weight is 239 g/mol. The molecule has 1 aromatic carbocycles. The van der Waals surface area contributed by atoms with Crippen LogP contribution in [-0.2, 0) is 0 Å². The zero-order valence-corrected chi connectivity index (χ0v) is 8.88. The molecule has 0 amide bonds. The topological polar surface area (TPSA) is 22.1 Å². The molecule has 2 rings (SSSR count). The van der Waals surface area contributed by atoms with Gasteiger partial charge < -0.3 is 4.74 Å². The predicted octanol–water partition coefficient (Wildman–Crippen LogP) is 3.17. The number of ether oxygens (including phenoxy) is 1. The first kappa shape index (κ1) is 11.4. The summed E-state index contributed by atoms with van der Waals surface area (Å²) >= 11 is 0. The van der Waals surface area contributed by atoms with Crippen molar-refractivity contribution < 1.29 is 17.9 Å². The molecule has 0 aliphatic carbocycles. The van der Waals surface area contributed by atoms with Crippen molar-refractivity contribution in [1.82, 2.24) is 4.98 Å². The summed E-state index contributed by atoms with van der Waals surface area (Å²) in [5, 5.41) is 0. The Morgan fingerprint density at radius 2 is 1.82 bits per heavy atom. The van der Waals surface area contributed by atoms with E-state index >= 15 is 0 Å². The van der Waals surface area contributed by atoms with Crippen molar-refractivity contribution in [2.24, 2.45) is 0 Å². The molecule has 0 aliphatic heterocycles. The second-order valence-electron chi connectivity index (χ2n) is 3.28. The highest BCUT2D eigenvalue weighted by atomic mass is 19.2. The highest BCUT2D eigenvalue weighted by Gasteiger charge is 2.16. The normalized spacial score (nSPS) is 10.4. The van der Waals surface area contributed by atoms with Crippen molar-refractivity contribution in [3.05, 3.63) is 48.0 Å². The Morgan fingerprint density at radius 3 is 2.53 bits per heavy atom. The van der Waals surface area contributed by atoms with E-state index in [1.54, 1.807) is 0 Å². The molecular weight excluding hydrogens is 231 g/mol. The molecule has 0 saturated heterocycles. The van der Waals surface area contributed by atoms with E-state index in [0.29, 0.717) is 0 Å². The van der Waals surface area contributed by atoms with Crippen molar-refractivity contribution >= 4 is 0 Å². The molecule has 0 radical (unpaired) electrons. The van der Waals surface area contributed by atoms with Crippen LogP contribution in [0.25, 0.3) is 11.1 Å². The Balaban J connectivity index is 2.68. The lowest BCUT2D eigenvalue weighted by Gasteiger charge is -2.09. The number of rotatable bonds is 2. The third kappa shape index (κ3) is 1.95. The summed E-state index contributed by atoms with van der Waals surface area (Å²) in [6, 6.07) is 5.03. The molecule has 0 fully saturated rings. The third-order valence-corrected chi connectivity index (χ3v) is 2.31. The first-order valence-electron chi connectivity index (χ1n) is 4.78. The van der Waals surface area contributed by atoms with Crippen LogP contribution >= 0.6 is 0 Å². The summed E-state index contributed by atoms with van der Waals surface area (Å²) in [4.78, 5) is 3.38. The predicted molar refractivity (Wildman–Crippen MR) is 56.1 cm³/mol. The number of hydrogen-bond donors (Lipinski definition) is 0. The largest absolute Gasteiger partial charge is 0.491 e. The van der Waals surface area contributed by atoms with Crippen LogP contribution in [0.15, 0.2) is 30.5 Å². The minimum atomic E-state index is -1.05. The summed E-state index contributed by atoms with van der Waals surface area (Å²) in [5.74, 6) is -3.12. The van der Waals surface area contributed by atoms with Gasteiger partial charge in [-0.3, -0.25) is 0 Å². The number of hydrogen-bond acceptors (Lipinski definition) is 2. The molecule has 0 unspecified atom stereocenters. The molecule has 0 saturated carbocycles. The van der Waals surface area contributed by atoms with Gasteiger partial charge in [-0.2, -0.15) is 4.39 Å². The van der Waals surface area contributed by atoms with E-state index in [0.717, 1.165) is 12.3 Å². The van der Waals surface area contributed by atoms with Gasteiger partial charge in [0.05, 0.1) is 7.11 Å². The fourth-order valence-corrected chi connectivity index (χ4v) is 1.54.